The number of aliphatic hydroxyl groups is 1. The maximum Gasteiger partial charge on any atom is 0.125 e. The molecule has 1 fully saturated rings. The van der Waals surface area contributed by atoms with Crippen molar-refractivity contribution >= 4 is 11.4 Å². The number of halogens is 1. The lowest BCUT2D eigenvalue weighted by Gasteiger charge is -2.37. The topological polar surface area (TPSA) is 49.5 Å². The van der Waals surface area contributed by atoms with Gasteiger partial charge in [-0.1, -0.05) is 0 Å². The molecular weight excluding hydrogens is 207 g/mol. The molecule has 4 heteroatoms. The van der Waals surface area contributed by atoms with Crippen LogP contribution in [0.1, 0.15) is 19.8 Å². The Morgan fingerprint density at radius 3 is 2.62 bits per heavy atom. The van der Waals surface area contributed by atoms with Gasteiger partial charge in [0.2, 0.25) is 0 Å². The van der Waals surface area contributed by atoms with Gasteiger partial charge in [-0.15, -0.1) is 0 Å². The van der Waals surface area contributed by atoms with Crippen molar-refractivity contribution in [1.82, 2.24) is 0 Å². The molecule has 88 valence electrons. The SMILES string of the molecule is CC1(O)CCN(c2cc(F)ccc2N)CC1. The molecule has 1 aromatic rings. The van der Waals surface area contributed by atoms with Crippen molar-refractivity contribution in [3.05, 3.63) is 24.0 Å². The molecule has 3 nitrogen and oxygen atoms in total. The monoisotopic (exact) mass is 224 g/mol. The van der Waals surface area contributed by atoms with E-state index in [2.05, 4.69) is 0 Å². The van der Waals surface area contributed by atoms with Crippen molar-refractivity contribution in [3.63, 3.8) is 0 Å². The molecule has 0 amide bonds. The molecule has 0 aliphatic carbocycles. The second-order valence-electron chi connectivity index (χ2n) is 4.69. The number of hydrogen-bond donors (Lipinski definition) is 2. The molecule has 1 heterocycles. The van der Waals surface area contributed by atoms with Crippen LogP contribution in [0.3, 0.4) is 0 Å². The number of piperidine rings is 1. The summed E-state index contributed by atoms with van der Waals surface area (Å²) in [7, 11) is 0. The molecule has 0 bridgehead atoms. The summed E-state index contributed by atoms with van der Waals surface area (Å²) in [6, 6.07) is 4.39. The Balaban J connectivity index is 2.17. The Labute approximate surface area is 94.7 Å². The van der Waals surface area contributed by atoms with Crippen molar-refractivity contribution < 1.29 is 9.50 Å². The summed E-state index contributed by atoms with van der Waals surface area (Å²) in [5, 5.41) is 9.83. The predicted octanol–water partition coefficient (Wildman–Crippen LogP) is 1.76. The number of rotatable bonds is 1. The zero-order chi connectivity index (χ0) is 11.8. The molecule has 0 aromatic heterocycles. The van der Waals surface area contributed by atoms with E-state index in [-0.39, 0.29) is 5.82 Å². The van der Waals surface area contributed by atoms with Crippen LogP contribution in [0.25, 0.3) is 0 Å². The van der Waals surface area contributed by atoms with Crippen LogP contribution in [0.4, 0.5) is 15.8 Å². The summed E-state index contributed by atoms with van der Waals surface area (Å²) in [5.74, 6) is -0.276. The number of hydrogen-bond acceptors (Lipinski definition) is 3. The van der Waals surface area contributed by atoms with Crippen LogP contribution in [-0.4, -0.2) is 23.8 Å². The summed E-state index contributed by atoms with van der Waals surface area (Å²) in [6.07, 6.45) is 1.37. The zero-order valence-corrected chi connectivity index (χ0v) is 9.41. The van der Waals surface area contributed by atoms with E-state index in [1.165, 1.54) is 12.1 Å². The molecule has 2 rings (SSSR count). The van der Waals surface area contributed by atoms with Crippen LogP contribution in [0, 0.1) is 5.82 Å². The number of anilines is 2. The average Bonchev–Trinajstić information content (AvgIpc) is 2.22. The normalized spacial score (nSPS) is 19.8. The third-order valence-corrected chi connectivity index (χ3v) is 3.17. The molecule has 3 N–H and O–H groups in total. The Hall–Kier alpha value is -1.29. The molecule has 0 unspecified atom stereocenters. The Kier molecular flexibility index (Phi) is 2.76. The third-order valence-electron chi connectivity index (χ3n) is 3.17. The van der Waals surface area contributed by atoms with E-state index in [1.807, 2.05) is 11.8 Å². The van der Waals surface area contributed by atoms with Gasteiger partial charge in [0, 0.05) is 13.1 Å². The fourth-order valence-corrected chi connectivity index (χ4v) is 2.02. The van der Waals surface area contributed by atoms with Crippen LogP contribution in [0.2, 0.25) is 0 Å². The van der Waals surface area contributed by atoms with E-state index in [0.717, 1.165) is 5.69 Å². The van der Waals surface area contributed by atoms with Gasteiger partial charge in [0.1, 0.15) is 5.82 Å². The van der Waals surface area contributed by atoms with Crippen LogP contribution in [0.5, 0.6) is 0 Å². The van der Waals surface area contributed by atoms with Gasteiger partial charge in [-0.2, -0.15) is 0 Å². The first-order valence-electron chi connectivity index (χ1n) is 5.50. The van der Waals surface area contributed by atoms with E-state index >= 15 is 0 Å². The molecule has 0 spiro atoms. The molecule has 16 heavy (non-hydrogen) atoms. The highest BCUT2D eigenvalue weighted by atomic mass is 19.1. The summed E-state index contributed by atoms with van der Waals surface area (Å²) in [5.41, 5.74) is 6.54. The number of nitrogens with zero attached hydrogens (tertiary/aromatic N) is 1. The molecule has 0 radical (unpaired) electrons. The molecule has 1 saturated heterocycles. The number of nitrogens with two attached hydrogens (primary N) is 1. The Morgan fingerprint density at radius 1 is 1.38 bits per heavy atom. The Morgan fingerprint density at radius 2 is 2.00 bits per heavy atom. The van der Waals surface area contributed by atoms with Crippen molar-refractivity contribution in [2.45, 2.75) is 25.4 Å². The van der Waals surface area contributed by atoms with E-state index in [1.54, 1.807) is 6.07 Å². The fourth-order valence-electron chi connectivity index (χ4n) is 2.02. The predicted molar refractivity (Wildman–Crippen MR) is 62.9 cm³/mol. The second-order valence-corrected chi connectivity index (χ2v) is 4.69. The van der Waals surface area contributed by atoms with Crippen LogP contribution in [0.15, 0.2) is 18.2 Å². The number of benzene rings is 1. The highest BCUT2D eigenvalue weighted by Crippen LogP contribution is 2.30. The maximum absolute atomic E-state index is 13.1. The lowest BCUT2D eigenvalue weighted by molar-refractivity contribution is 0.0351. The minimum Gasteiger partial charge on any atom is -0.397 e. The highest BCUT2D eigenvalue weighted by Gasteiger charge is 2.28. The summed E-state index contributed by atoms with van der Waals surface area (Å²) in [6.45, 7) is 3.25. The largest absolute Gasteiger partial charge is 0.397 e. The van der Waals surface area contributed by atoms with Gasteiger partial charge in [-0.3, -0.25) is 0 Å². The minimum atomic E-state index is -0.599. The van der Waals surface area contributed by atoms with E-state index in [4.69, 9.17) is 5.73 Å². The quantitative estimate of drug-likeness (QED) is 0.715. The smallest absolute Gasteiger partial charge is 0.125 e. The molecular formula is C12H17FN2O. The summed E-state index contributed by atoms with van der Waals surface area (Å²) < 4.78 is 13.1. The van der Waals surface area contributed by atoms with Gasteiger partial charge >= 0.3 is 0 Å². The maximum atomic E-state index is 13.1. The molecule has 1 aliphatic heterocycles. The molecule has 1 aliphatic rings. The van der Waals surface area contributed by atoms with Crippen molar-refractivity contribution in [3.8, 4) is 0 Å². The van der Waals surface area contributed by atoms with Gasteiger partial charge in [0.25, 0.3) is 0 Å². The number of nitrogen functional groups attached to an aromatic ring is 1. The van der Waals surface area contributed by atoms with Gasteiger partial charge < -0.3 is 15.7 Å². The first kappa shape index (κ1) is 11.2. The first-order chi connectivity index (χ1) is 7.48. The van der Waals surface area contributed by atoms with E-state index < -0.39 is 5.60 Å². The fraction of sp³-hybridized carbons (Fsp3) is 0.500. The zero-order valence-electron chi connectivity index (χ0n) is 9.41. The average molecular weight is 224 g/mol. The van der Waals surface area contributed by atoms with E-state index in [0.29, 0.717) is 31.6 Å². The first-order valence-corrected chi connectivity index (χ1v) is 5.50. The van der Waals surface area contributed by atoms with Crippen molar-refractivity contribution in [2.24, 2.45) is 0 Å². The molecule has 1 aromatic carbocycles. The molecule has 0 atom stereocenters. The van der Waals surface area contributed by atoms with Gasteiger partial charge in [0.15, 0.2) is 0 Å². The Bertz CT molecular complexity index is 383. The van der Waals surface area contributed by atoms with Gasteiger partial charge in [-0.05, 0) is 38.0 Å². The summed E-state index contributed by atoms with van der Waals surface area (Å²) in [4.78, 5) is 2.02. The second kappa shape index (κ2) is 3.94. The highest BCUT2D eigenvalue weighted by molar-refractivity contribution is 5.67. The van der Waals surface area contributed by atoms with E-state index in [9.17, 15) is 9.50 Å². The minimum absolute atomic E-state index is 0.276. The van der Waals surface area contributed by atoms with Crippen molar-refractivity contribution in [1.29, 1.82) is 0 Å². The van der Waals surface area contributed by atoms with Crippen LogP contribution in [-0.2, 0) is 0 Å². The van der Waals surface area contributed by atoms with Crippen LogP contribution >= 0.6 is 0 Å². The van der Waals surface area contributed by atoms with Crippen molar-refractivity contribution in [2.75, 3.05) is 23.7 Å². The summed E-state index contributed by atoms with van der Waals surface area (Å²) >= 11 is 0. The lowest BCUT2D eigenvalue weighted by Crippen LogP contribution is -2.42. The third kappa shape index (κ3) is 2.27. The van der Waals surface area contributed by atoms with Crippen LogP contribution < -0.4 is 10.6 Å². The molecule has 0 saturated carbocycles. The standard InChI is InChI=1S/C12H17FN2O/c1-12(16)4-6-15(7-5-12)11-8-9(13)2-3-10(11)14/h2-3,8,16H,4-7,14H2,1H3. The van der Waals surface area contributed by atoms with Gasteiger partial charge in [0.05, 0.1) is 17.0 Å². The lowest BCUT2D eigenvalue weighted by atomic mass is 9.93. The van der Waals surface area contributed by atoms with Gasteiger partial charge in [-0.25, -0.2) is 4.39 Å².